The summed E-state index contributed by atoms with van der Waals surface area (Å²) in [6.45, 7) is 2.00. The molecule has 20 heavy (non-hydrogen) atoms. The van der Waals surface area contributed by atoms with Crippen molar-refractivity contribution in [2.24, 2.45) is 0 Å². The number of rotatable bonds is 2. The number of aromatic nitrogens is 2. The van der Waals surface area contributed by atoms with Crippen molar-refractivity contribution in [2.75, 3.05) is 0 Å². The minimum absolute atomic E-state index is 0.424. The molecule has 1 unspecified atom stereocenters. The molecular formula is C15H15ClN2O2. The molecule has 4 nitrogen and oxygen atoms in total. The van der Waals surface area contributed by atoms with Crippen LogP contribution in [0.1, 0.15) is 30.1 Å². The van der Waals surface area contributed by atoms with E-state index in [1.807, 2.05) is 31.2 Å². The van der Waals surface area contributed by atoms with E-state index in [2.05, 4.69) is 4.98 Å². The monoisotopic (exact) mass is 290 g/mol. The molecule has 0 saturated heterocycles. The Kier molecular flexibility index (Phi) is 3.26. The molecule has 0 fully saturated rings. The molecular weight excluding hydrogens is 276 g/mol. The van der Waals surface area contributed by atoms with Gasteiger partial charge in [-0.25, -0.2) is 9.78 Å². The molecule has 1 aliphatic heterocycles. The van der Waals surface area contributed by atoms with Gasteiger partial charge in [-0.2, -0.15) is 0 Å². The minimum Gasteiger partial charge on any atom is -0.480 e. The highest BCUT2D eigenvalue weighted by Gasteiger charge is 2.31. The van der Waals surface area contributed by atoms with Crippen LogP contribution in [0.2, 0.25) is 5.15 Å². The van der Waals surface area contributed by atoms with Crippen molar-refractivity contribution < 1.29 is 9.90 Å². The molecule has 0 aliphatic carbocycles. The number of benzene rings is 1. The molecule has 0 radical (unpaired) electrons. The third-order valence-electron chi connectivity index (χ3n) is 3.73. The van der Waals surface area contributed by atoms with Gasteiger partial charge in [0.05, 0.1) is 5.69 Å². The molecule has 2 aromatic rings. The lowest BCUT2D eigenvalue weighted by molar-refractivity contribution is -0.141. The van der Waals surface area contributed by atoms with Gasteiger partial charge in [0.1, 0.15) is 11.9 Å². The first-order valence-corrected chi connectivity index (χ1v) is 7.02. The van der Waals surface area contributed by atoms with E-state index in [0.717, 1.165) is 29.7 Å². The Labute approximate surface area is 122 Å². The van der Waals surface area contributed by atoms with Gasteiger partial charge in [0.2, 0.25) is 0 Å². The van der Waals surface area contributed by atoms with Crippen LogP contribution in [-0.2, 0) is 11.2 Å². The van der Waals surface area contributed by atoms with Gasteiger partial charge in [-0.3, -0.25) is 0 Å². The maximum atomic E-state index is 11.5. The lowest BCUT2D eigenvalue weighted by Gasteiger charge is -2.24. The van der Waals surface area contributed by atoms with Crippen LogP contribution in [0.5, 0.6) is 0 Å². The van der Waals surface area contributed by atoms with Crippen molar-refractivity contribution in [3.05, 3.63) is 40.7 Å². The Hall–Kier alpha value is -1.81. The zero-order valence-electron chi connectivity index (χ0n) is 11.1. The number of imidazole rings is 1. The summed E-state index contributed by atoms with van der Waals surface area (Å²) in [6, 6.07) is 7.30. The van der Waals surface area contributed by atoms with Gasteiger partial charge in [-0.05, 0) is 32.3 Å². The third-order valence-corrected chi connectivity index (χ3v) is 4.03. The second-order valence-electron chi connectivity index (χ2n) is 5.16. The molecule has 104 valence electrons. The third kappa shape index (κ3) is 2.10. The number of hydrogen-bond donors (Lipinski definition) is 1. The van der Waals surface area contributed by atoms with E-state index in [1.54, 1.807) is 4.57 Å². The van der Waals surface area contributed by atoms with Gasteiger partial charge in [0.15, 0.2) is 5.15 Å². The number of carboxylic acids is 1. The Morgan fingerprint density at radius 1 is 1.50 bits per heavy atom. The van der Waals surface area contributed by atoms with Crippen LogP contribution in [0, 0.1) is 6.92 Å². The summed E-state index contributed by atoms with van der Waals surface area (Å²) < 4.78 is 1.79. The molecule has 1 aliphatic rings. The zero-order chi connectivity index (χ0) is 14.3. The average molecular weight is 291 g/mol. The smallest absolute Gasteiger partial charge is 0.326 e. The number of carbonyl (C=O) groups is 1. The maximum absolute atomic E-state index is 11.5. The van der Waals surface area contributed by atoms with E-state index >= 15 is 0 Å². The number of carboxylic acid groups (broad SMARTS) is 1. The van der Waals surface area contributed by atoms with E-state index in [-0.39, 0.29) is 0 Å². The number of halogens is 1. The van der Waals surface area contributed by atoms with Crippen LogP contribution in [0.3, 0.4) is 0 Å². The van der Waals surface area contributed by atoms with Crippen molar-refractivity contribution >= 4 is 17.6 Å². The number of fused-ring (bicyclic) bond motifs is 1. The van der Waals surface area contributed by atoms with Crippen LogP contribution < -0.4 is 0 Å². The first kappa shape index (κ1) is 13.2. The highest BCUT2D eigenvalue weighted by Crippen LogP contribution is 2.35. The summed E-state index contributed by atoms with van der Waals surface area (Å²) in [7, 11) is 0. The van der Waals surface area contributed by atoms with Crippen LogP contribution >= 0.6 is 11.6 Å². The zero-order valence-corrected chi connectivity index (χ0v) is 11.9. The molecule has 3 rings (SSSR count). The van der Waals surface area contributed by atoms with E-state index in [1.165, 1.54) is 0 Å². The van der Waals surface area contributed by atoms with Crippen LogP contribution in [0.15, 0.2) is 24.3 Å². The van der Waals surface area contributed by atoms with Gasteiger partial charge >= 0.3 is 5.97 Å². The fraction of sp³-hybridized carbons (Fsp3) is 0.333. The van der Waals surface area contributed by atoms with Gasteiger partial charge < -0.3 is 9.67 Å². The van der Waals surface area contributed by atoms with E-state index in [9.17, 15) is 9.90 Å². The van der Waals surface area contributed by atoms with Crippen molar-refractivity contribution in [3.63, 3.8) is 0 Å². The van der Waals surface area contributed by atoms with Crippen molar-refractivity contribution in [1.82, 2.24) is 9.55 Å². The van der Waals surface area contributed by atoms with E-state index < -0.39 is 12.0 Å². The highest BCUT2D eigenvalue weighted by atomic mass is 35.5. The molecule has 1 aromatic carbocycles. The first-order chi connectivity index (χ1) is 9.58. The number of aryl methyl sites for hydroxylation is 1. The molecule has 5 heteroatoms. The summed E-state index contributed by atoms with van der Waals surface area (Å²) in [6.07, 6.45) is 2.23. The molecule has 0 bridgehead atoms. The maximum Gasteiger partial charge on any atom is 0.326 e. The van der Waals surface area contributed by atoms with Crippen LogP contribution in [-0.4, -0.2) is 20.6 Å². The Morgan fingerprint density at radius 3 is 3.00 bits per heavy atom. The first-order valence-electron chi connectivity index (χ1n) is 6.64. The van der Waals surface area contributed by atoms with Gasteiger partial charge in [0.25, 0.3) is 0 Å². The van der Waals surface area contributed by atoms with Gasteiger partial charge in [0, 0.05) is 5.56 Å². The molecule has 1 N–H and O–H groups in total. The Balaban J connectivity index is 2.20. The minimum atomic E-state index is -0.825. The van der Waals surface area contributed by atoms with Crippen molar-refractivity contribution in [3.8, 4) is 11.4 Å². The van der Waals surface area contributed by atoms with Crippen molar-refractivity contribution in [1.29, 1.82) is 0 Å². The predicted octanol–water partition coefficient (Wildman–Crippen LogP) is 3.47. The Bertz CT molecular complexity index is 679. The lowest BCUT2D eigenvalue weighted by Crippen LogP contribution is -2.25. The summed E-state index contributed by atoms with van der Waals surface area (Å²) in [4.78, 5) is 15.9. The molecule has 1 atom stereocenters. The lowest BCUT2D eigenvalue weighted by atomic mass is 10.0. The normalized spacial score (nSPS) is 17.8. The quantitative estimate of drug-likeness (QED) is 0.921. The van der Waals surface area contributed by atoms with E-state index in [4.69, 9.17) is 11.6 Å². The number of hydrogen-bond acceptors (Lipinski definition) is 2. The fourth-order valence-corrected chi connectivity index (χ4v) is 3.08. The van der Waals surface area contributed by atoms with Gasteiger partial charge in [-0.15, -0.1) is 0 Å². The Morgan fingerprint density at radius 2 is 2.30 bits per heavy atom. The topological polar surface area (TPSA) is 55.1 Å². The highest BCUT2D eigenvalue weighted by molar-refractivity contribution is 6.30. The molecule has 2 heterocycles. The van der Waals surface area contributed by atoms with Crippen LogP contribution in [0.25, 0.3) is 11.4 Å². The standard InChI is InChI=1S/C15H15ClN2O2/c1-9-4-2-5-10(8-9)14-17-13(16)11-6-3-7-12(15(19)20)18(11)14/h2,4-5,8,12H,3,6-7H2,1H3,(H,19,20). The summed E-state index contributed by atoms with van der Waals surface area (Å²) >= 11 is 6.20. The molecule has 0 amide bonds. The average Bonchev–Trinajstić information content (AvgIpc) is 2.76. The van der Waals surface area contributed by atoms with Gasteiger partial charge in [-0.1, -0.05) is 35.4 Å². The number of aliphatic carboxylic acids is 1. The second-order valence-corrected chi connectivity index (χ2v) is 5.52. The largest absolute Gasteiger partial charge is 0.480 e. The SMILES string of the molecule is Cc1cccc(-c2nc(Cl)c3n2C(C(=O)O)CCC3)c1. The summed E-state index contributed by atoms with van der Waals surface area (Å²) in [5.41, 5.74) is 2.85. The van der Waals surface area contributed by atoms with Crippen LogP contribution in [0.4, 0.5) is 0 Å². The predicted molar refractivity (Wildman–Crippen MR) is 77.0 cm³/mol. The second kappa shape index (κ2) is 4.94. The fourth-order valence-electron chi connectivity index (χ4n) is 2.81. The summed E-state index contributed by atoms with van der Waals surface area (Å²) in [5.74, 6) is -0.172. The number of nitrogens with zero attached hydrogens (tertiary/aromatic N) is 2. The molecule has 0 spiro atoms. The van der Waals surface area contributed by atoms with Crippen molar-refractivity contribution in [2.45, 2.75) is 32.2 Å². The van der Waals surface area contributed by atoms with E-state index in [0.29, 0.717) is 17.4 Å². The summed E-state index contributed by atoms with van der Waals surface area (Å²) in [5, 5.41) is 9.85. The molecule has 1 aromatic heterocycles. The molecule has 0 saturated carbocycles.